The summed E-state index contributed by atoms with van der Waals surface area (Å²) in [6.45, 7) is 7.57. The molecular formula is C14H22BrNO2. The Balaban J connectivity index is 2.21. The molecule has 0 fully saturated rings. The summed E-state index contributed by atoms with van der Waals surface area (Å²) in [5.41, 5.74) is 0.985. The lowest BCUT2D eigenvalue weighted by Crippen LogP contribution is -2.33. The Morgan fingerprint density at radius 2 is 2.11 bits per heavy atom. The summed E-state index contributed by atoms with van der Waals surface area (Å²) in [7, 11) is 0. The molecule has 0 heterocycles. The van der Waals surface area contributed by atoms with E-state index in [1.165, 1.54) is 5.56 Å². The third-order valence-corrected chi connectivity index (χ3v) is 2.80. The van der Waals surface area contributed by atoms with Crippen molar-refractivity contribution in [2.24, 2.45) is 0 Å². The number of rotatable bonds is 6. The number of aliphatic hydroxyl groups excluding tert-OH is 1. The van der Waals surface area contributed by atoms with Crippen LogP contribution in [0.4, 0.5) is 0 Å². The van der Waals surface area contributed by atoms with Gasteiger partial charge in [-0.25, -0.2) is 0 Å². The fourth-order valence-electron chi connectivity index (χ4n) is 1.44. The number of hydrogen-bond acceptors (Lipinski definition) is 3. The lowest BCUT2D eigenvalue weighted by atomic mass is 10.2. The lowest BCUT2D eigenvalue weighted by molar-refractivity contribution is -0.0479. The van der Waals surface area contributed by atoms with Crippen LogP contribution >= 0.6 is 15.9 Å². The van der Waals surface area contributed by atoms with Crippen LogP contribution in [0, 0.1) is 0 Å². The predicted octanol–water partition coefficient (Wildman–Crippen LogP) is 2.71. The van der Waals surface area contributed by atoms with Gasteiger partial charge in [-0.1, -0.05) is 28.1 Å². The third kappa shape index (κ3) is 7.11. The van der Waals surface area contributed by atoms with Gasteiger partial charge in [-0.15, -0.1) is 0 Å². The average molecular weight is 316 g/mol. The largest absolute Gasteiger partial charge is 0.389 e. The maximum atomic E-state index is 9.75. The van der Waals surface area contributed by atoms with Crippen LogP contribution < -0.4 is 5.32 Å². The van der Waals surface area contributed by atoms with Crippen molar-refractivity contribution in [2.45, 2.75) is 39.0 Å². The van der Waals surface area contributed by atoms with Gasteiger partial charge in [0.1, 0.15) is 0 Å². The lowest BCUT2D eigenvalue weighted by Gasteiger charge is -2.22. The molecule has 18 heavy (non-hydrogen) atoms. The van der Waals surface area contributed by atoms with Gasteiger partial charge in [-0.05, 0) is 38.5 Å². The zero-order valence-electron chi connectivity index (χ0n) is 11.2. The van der Waals surface area contributed by atoms with Gasteiger partial charge in [-0.2, -0.15) is 0 Å². The highest BCUT2D eigenvalue weighted by Gasteiger charge is 2.13. The van der Waals surface area contributed by atoms with Crippen molar-refractivity contribution in [3.05, 3.63) is 34.3 Å². The van der Waals surface area contributed by atoms with Gasteiger partial charge in [0.05, 0.1) is 18.3 Å². The third-order valence-electron chi connectivity index (χ3n) is 2.31. The van der Waals surface area contributed by atoms with Gasteiger partial charge in [0, 0.05) is 17.6 Å². The predicted molar refractivity (Wildman–Crippen MR) is 77.6 cm³/mol. The summed E-state index contributed by atoms with van der Waals surface area (Å²) < 4.78 is 6.58. The first kappa shape index (κ1) is 15.6. The first-order chi connectivity index (χ1) is 8.37. The zero-order chi connectivity index (χ0) is 13.6. The Bertz CT molecular complexity index is 363. The van der Waals surface area contributed by atoms with Crippen molar-refractivity contribution in [2.75, 3.05) is 13.2 Å². The van der Waals surface area contributed by atoms with Gasteiger partial charge in [0.2, 0.25) is 0 Å². The Morgan fingerprint density at radius 1 is 1.39 bits per heavy atom. The van der Waals surface area contributed by atoms with E-state index in [-0.39, 0.29) is 5.60 Å². The molecule has 0 bridgehead atoms. The first-order valence-electron chi connectivity index (χ1n) is 6.14. The van der Waals surface area contributed by atoms with E-state index >= 15 is 0 Å². The van der Waals surface area contributed by atoms with E-state index < -0.39 is 6.10 Å². The summed E-state index contributed by atoms with van der Waals surface area (Å²) in [6, 6.07) is 8.11. The summed E-state index contributed by atoms with van der Waals surface area (Å²) >= 11 is 3.43. The van der Waals surface area contributed by atoms with Crippen LogP contribution in [0.15, 0.2) is 28.7 Å². The highest BCUT2D eigenvalue weighted by molar-refractivity contribution is 9.10. The molecule has 102 valence electrons. The van der Waals surface area contributed by atoms with Crippen LogP contribution in [0.2, 0.25) is 0 Å². The molecule has 0 aromatic heterocycles. The molecule has 0 radical (unpaired) electrons. The van der Waals surface area contributed by atoms with Crippen molar-refractivity contribution in [3.8, 4) is 0 Å². The number of ether oxygens (including phenoxy) is 1. The fourth-order valence-corrected chi connectivity index (χ4v) is 1.88. The van der Waals surface area contributed by atoms with Crippen LogP contribution in [0.1, 0.15) is 26.3 Å². The quantitative estimate of drug-likeness (QED) is 0.848. The van der Waals surface area contributed by atoms with Crippen molar-refractivity contribution >= 4 is 15.9 Å². The van der Waals surface area contributed by atoms with Crippen molar-refractivity contribution in [3.63, 3.8) is 0 Å². The second-order valence-corrected chi connectivity index (χ2v) is 6.25. The van der Waals surface area contributed by atoms with Crippen LogP contribution in [0.5, 0.6) is 0 Å². The monoisotopic (exact) mass is 315 g/mol. The molecule has 3 nitrogen and oxygen atoms in total. The number of aliphatic hydroxyl groups is 1. The minimum Gasteiger partial charge on any atom is -0.389 e. The molecule has 0 saturated carbocycles. The molecule has 2 N–H and O–H groups in total. The van der Waals surface area contributed by atoms with Crippen molar-refractivity contribution in [1.82, 2.24) is 5.32 Å². The minimum atomic E-state index is -0.476. The normalized spacial score (nSPS) is 13.6. The molecule has 1 aromatic rings. The second-order valence-electron chi connectivity index (χ2n) is 5.34. The van der Waals surface area contributed by atoms with E-state index in [1.807, 2.05) is 32.9 Å². The van der Waals surface area contributed by atoms with Gasteiger partial charge in [0.15, 0.2) is 0 Å². The second kappa shape index (κ2) is 7.24. The average Bonchev–Trinajstić information content (AvgIpc) is 2.25. The number of nitrogens with one attached hydrogen (secondary N) is 1. The number of benzene rings is 1. The topological polar surface area (TPSA) is 41.5 Å². The van der Waals surface area contributed by atoms with Gasteiger partial charge in [-0.3, -0.25) is 0 Å². The van der Waals surface area contributed by atoms with Crippen LogP contribution in [-0.4, -0.2) is 30.0 Å². The number of hydrogen-bond donors (Lipinski definition) is 2. The fraction of sp³-hybridized carbons (Fsp3) is 0.571. The van der Waals surface area contributed by atoms with Crippen LogP contribution in [-0.2, 0) is 11.3 Å². The Kier molecular flexibility index (Phi) is 6.29. The summed E-state index contributed by atoms with van der Waals surface area (Å²) in [5.74, 6) is 0. The Hall–Kier alpha value is -0.420. The Morgan fingerprint density at radius 3 is 2.72 bits per heavy atom. The van der Waals surface area contributed by atoms with E-state index in [2.05, 4.69) is 33.4 Å². The van der Waals surface area contributed by atoms with Gasteiger partial charge in [0.25, 0.3) is 0 Å². The standard InChI is InChI=1S/C14H22BrNO2/c1-14(2,3)18-10-13(17)9-16-8-11-5-4-6-12(15)7-11/h4-7,13,16-17H,8-10H2,1-3H3. The molecule has 4 heteroatoms. The zero-order valence-corrected chi connectivity index (χ0v) is 12.8. The SMILES string of the molecule is CC(C)(C)OCC(O)CNCc1cccc(Br)c1. The van der Waals surface area contributed by atoms with E-state index in [1.54, 1.807) is 0 Å². The summed E-state index contributed by atoms with van der Waals surface area (Å²) in [5, 5.41) is 13.0. The minimum absolute atomic E-state index is 0.203. The maximum Gasteiger partial charge on any atom is 0.0898 e. The molecule has 0 saturated heterocycles. The summed E-state index contributed by atoms with van der Waals surface area (Å²) in [4.78, 5) is 0. The van der Waals surface area contributed by atoms with Crippen LogP contribution in [0.3, 0.4) is 0 Å². The summed E-state index contributed by atoms with van der Waals surface area (Å²) in [6.07, 6.45) is -0.476. The molecule has 0 amide bonds. The van der Waals surface area contributed by atoms with Gasteiger partial charge >= 0.3 is 0 Å². The maximum absolute atomic E-state index is 9.75. The molecule has 1 unspecified atom stereocenters. The molecule has 0 aliphatic rings. The highest BCUT2D eigenvalue weighted by Crippen LogP contribution is 2.11. The van der Waals surface area contributed by atoms with Crippen molar-refractivity contribution in [1.29, 1.82) is 0 Å². The van der Waals surface area contributed by atoms with E-state index in [0.717, 1.165) is 11.0 Å². The van der Waals surface area contributed by atoms with Crippen molar-refractivity contribution < 1.29 is 9.84 Å². The van der Waals surface area contributed by atoms with E-state index in [4.69, 9.17) is 4.74 Å². The van der Waals surface area contributed by atoms with Crippen LogP contribution in [0.25, 0.3) is 0 Å². The Labute approximate surface area is 118 Å². The molecule has 0 aliphatic carbocycles. The smallest absolute Gasteiger partial charge is 0.0898 e. The highest BCUT2D eigenvalue weighted by atomic mass is 79.9. The molecule has 0 aliphatic heterocycles. The van der Waals surface area contributed by atoms with E-state index in [9.17, 15) is 5.11 Å². The molecule has 1 rings (SSSR count). The molecule has 1 aromatic carbocycles. The molecular weight excluding hydrogens is 294 g/mol. The molecule has 1 atom stereocenters. The van der Waals surface area contributed by atoms with E-state index in [0.29, 0.717) is 13.2 Å². The first-order valence-corrected chi connectivity index (χ1v) is 6.93. The van der Waals surface area contributed by atoms with Gasteiger partial charge < -0.3 is 15.2 Å². The molecule has 0 spiro atoms. The number of halogens is 1.